The first-order chi connectivity index (χ1) is 23.0. The number of methoxy groups -OCH3 is 1. The Morgan fingerprint density at radius 3 is 2.33 bits per heavy atom. The number of aliphatic carboxylic acids is 2. The van der Waals surface area contributed by atoms with Crippen LogP contribution in [-0.4, -0.2) is 124 Å². The van der Waals surface area contributed by atoms with Crippen LogP contribution in [0.25, 0.3) is 0 Å². The fraction of sp³-hybridized carbons (Fsp3) is 0.562. The number of aliphatic hydroxyl groups excluding tert-OH is 1. The van der Waals surface area contributed by atoms with Gasteiger partial charge in [0.1, 0.15) is 11.9 Å². The average Bonchev–Trinajstić information content (AvgIpc) is 3.39. The van der Waals surface area contributed by atoms with Crippen LogP contribution < -0.4 is 9.47 Å². The molecule has 2 heterocycles. The Bertz CT molecular complexity index is 1600. The summed E-state index contributed by atoms with van der Waals surface area (Å²) in [6.45, 7) is 2.63. The Balaban J connectivity index is 1.35. The zero-order chi connectivity index (χ0) is 36.0. The number of carboxylic acids is 2. The molecule has 4 N–H and O–H groups in total. The van der Waals surface area contributed by atoms with E-state index in [1.165, 1.54) is 7.11 Å². The van der Waals surface area contributed by atoms with E-state index >= 15 is 0 Å². The van der Waals surface area contributed by atoms with E-state index in [1.54, 1.807) is 12.1 Å². The van der Waals surface area contributed by atoms with Crippen LogP contribution in [0, 0.1) is 0 Å². The fourth-order valence-corrected chi connectivity index (χ4v) is 7.20. The zero-order valence-electron chi connectivity index (χ0n) is 27.1. The normalized spacial score (nSPS) is 27.1. The minimum absolute atomic E-state index is 0.0492. The molecule has 4 aliphatic rings. The van der Waals surface area contributed by atoms with E-state index in [4.69, 9.17) is 33.9 Å². The number of rotatable bonds is 13. The number of carbonyl (C=O) groups is 6. The lowest BCUT2D eigenvalue weighted by Crippen LogP contribution is -2.74. The summed E-state index contributed by atoms with van der Waals surface area (Å²) in [6, 6.07) is 3.43. The molecule has 8 atom stereocenters. The molecular weight excluding hydrogens is 654 g/mol. The van der Waals surface area contributed by atoms with Crippen LogP contribution in [-0.2, 0) is 59.6 Å². The lowest BCUT2D eigenvalue weighted by molar-refractivity contribution is -0.186. The minimum Gasteiger partial charge on any atom is -0.493 e. The van der Waals surface area contributed by atoms with Gasteiger partial charge in [-0.15, -0.1) is 0 Å². The SMILES string of the molecule is COc1ccc2c3c1O[C@@H]1C(OC(=O)C[C@H](OC(=O)[C@H](C)O)C(=O)O[C@@H](C)C(=O)O[C@H](CC(=O)O)C(=O)O)=CC[C@]4(O)[C@H](C2)N(C)CC[C@@]314. The van der Waals surface area contributed by atoms with E-state index in [9.17, 15) is 39.0 Å². The summed E-state index contributed by atoms with van der Waals surface area (Å²) in [5, 5.41) is 40.0. The van der Waals surface area contributed by atoms with Crippen molar-refractivity contribution < 1.29 is 77.6 Å². The number of hydrogen-bond acceptors (Lipinski definition) is 15. The summed E-state index contributed by atoms with van der Waals surface area (Å²) in [5.74, 6) is -7.71. The molecule has 5 rings (SSSR count). The average molecular weight is 692 g/mol. The Kier molecular flexibility index (Phi) is 9.64. The number of nitrogens with zero attached hydrogens (tertiary/aromatic N) is 1. The number of ether oxygens (including phenoxy) is 6. The molecule has 1 fully saturated rings. The fourth-order valence-electron chi connectivity index (χ4n) is 7.20. The summed E-state index contributed by atoms with van der Waals surface area (Å²) >= 11 is 0. The number of carbonyl (C=O) groups excluding carboxylic acids is 4. The number of piperidine rings is 1. The first-order valence-electron chi connectivity index (χ1n) is 15.5. The highest BCUT2D eigenvalue weighted by molar-refractivity contribution is 5.88. The molecule has 0 unspecified atom stereocenters. The van der Waals surface area contributed by atoms with Crippen molar-refractivity contribution in [2.75, 3.05) is 20.7 Å². The summed E-state index contributed by atoms with van der Waals surface area (Å²) < 4.78 is 32.3. The van der Waals surface area contributed by atoms with Crippen molar-refractivity contribution in [3.05, 3.63) is 35.1 Å². The van der Waals surface area contributed by atoms with Crippen molar-refractivity contribution in [1.29, 1.82) is 0 Å². The monoisotopic (exact) mass is 691 g/mol. The van der Waals surface area contributed by atoms with Gasteiger partial charge in [-0.3, -0.25) is 9.59 Å². The van der Waals surface area contributed by atoms with Gasteiger partial charge in [0, 0.05) is 18.0 Å². The Labute approximate surface area is 279 Å². The lowest BCUT2D eigenvalue weighted by Gasteiger charge is -2.61. The van der Waals surface area contributed by atoms with Gasteiger partial charge in [-0.25, -0.2) is 19.2 Å². The van der Waals surface area contributed by atoms with Gasteiger partial charge in [0.15, 0.2) is 23.7 Å². The third-order valence-electron chi connectivity index (χ3n) is 9.52. The molecule has 1 aromatic carbocycles. The zero-order valence-corrected chi connectivity index (χ0v) is 27.1. The summed E-state index contributed by atoms with van der Waals surface area (Å²) in [4.78, 5) is 75.3. The maximum absolute atomic E-state index is 13.4. The Morgan fingerprint density at radius 1 is 1.00 bits per heavy atom. The Hall–Kier alpha value is -4.74. The van der Waals surface area contributed by atoms with Gasteiger partial charge in [-0.2, -0.15) is 0 Å². The van der Waals surface area contributed by atoms with Crippen LogP contribution in [0.4, 0.5) is 0 Å². The summed E-state index contributed by atoms with van der Waals surface area (Å²) in [7, 11) is 3.42. The van der Waals surface area contributed by atoms with E-state index in [0.29, 0.717) is 30.9 Å². The number of esters is 4. The van der Waals surface area contributed by atoms with Crippen molar-refractivity contribution in [3.63, 3.8) is 0 Å². The summed E-state index contributed by atoms with van der Waals surface area (Å²) in [6.07, 6.45) is -8.04. The van der Waals surface area contributed by atoms with Crippen molar-refractivity contribution in [2.24, 2.45) is 0 Å². The number of benzene rings is 1. The molecular formula is C32H37NO16. The second kappa shape index (κ2) is 13.3. The standard InChI is InChI=1S/C32H37NO16/c1-14(34)28(40)48-20(30(42)45-15(2)29(41)47-19(27(38)39)12-22(35)36)13-23(37)46-18-7-8-32(43)21-11-16-5-6-17(44-4)25-24(16)31(32,26(18)49-25)9-10-33(21)3/h5-7,14-15,19-21,26,34,43H,8-13H2,1-4H3,(H,35,36)(H,38,39)/t14-,15-,19+,20-,21-,26+,31+,32-/m0/s1. The molecule has 2 aliphatic carbocycles. The van der Waals surface area contributed by atoms with Gasteiger partial charge < -0.3 is 53.7 Å². The number of carboxylic acid groups (broad SMARTS) is 2. The van der Waals surface area contributed by atoms with Crippen molar-refractivity contribution in [3.8, 4) is 11.5 Å². The molecule has 17 heteroatoms. The predicted molar refractivity (Wildman–Crippen MR) is 159 cm³/mol. The maximum atomic E-state index is 13.4. The quantitative estimate of drug-likeness (QED) is 0.152. The van der Waals surface area contributed by atoms with Crippen molar-refractivity contribution in [2.45, 2.75) is 93.5 Å². The Morgan fingerprint density at radius 2 is 1.69 bits per heavy atom. The second-order valence-corrected chi connectivity index (χ2v) is 12.5. The van der Waals surface area contributed by atoms with Gasteiger partial charge >= 0.3 is 35.8 Å². The molecule has 2 bridgehead atoms. The smallest absolute Gasteiger partial charge is 0.348 e. The van der Waals surface area contributed by atoms with Crippen molar-refractivity contribution in [1.82, 2.24) is 4.90 Å². The number of aliphatic hydroxyl groups is 2. The van der Waals surface area contributed by atoms with Crippen LogP contribution in [0.1, 0.15) is 50.7 Å². The number of likely N-dealkylation sites (N-methyl/N-ethyl adjacent to an activating group) is 1. The van der Waals surface area contributed by atoms with Crippen LogP contribution >= 0.6 is 0 Å². The topological polar surface area (TPSA) is 242 Å². The molecule has 1 saturated heterocycles. The molecule has 2 aliphatic heterocycles. The molecule has 0 amide bonds. The highest BCUT2D eigenvalue weighted by Crippen LogP contribution is 2.65. The van der Waals surface area contributed by atoms with E-state index in [1.807, 2.05) is 13.1 Å². The van der Waals surface area contributed by atoms with Crippen LogP contribution in [0.5, 0.6) is 11.5 Å². The molecule has 1 aromatic rings. The van der Waals surface area contributed by atoms with E-state index in [2.05, 4.69) is 9.64 Å². The molecule has 49 heavy (non-hydrogen) atoms. The first-order valence-corrected chi connectivity index (χ1v) is 15.5. The highest BCUT2D eigenvalue weighted by Gasteiger charge is 2.72. The molecule has 0 saturated carbocycles. The van der Waals surface area contributed by atoms with Gasteiger partial charge in [-0.05, 0) is 58.0 Å². The first kappa shape index (κ1) is 35.6. The molecule has 1 spiro atoms. The largest absolute Gasteiger partial charge is 0.493 e. The molecule has 17 nitrogen and oxygen atoms in total. The van der Waals surface area contributed by atoms with E-state index in [0.717, 1.165) is 25.0 Å². The second-order valence-electron chi connectivity index (χ2n) is 12.5. The van der Waals surface area contributed by atoms with Crippen LogP contribution in [0.2, 0.25) is 0 Å². The molecule has 0 radical (unpaired) electrons. The van der Waals surface area contributed by atoms with Crippen LogP contribution in [0.15, 0.2) is 24.0 Å². The van der Waals surface area contributed by atoms with Crippen molar-refractivity contribution >= 4 is 35.8 Å². The van der Waals surface area contributed by atoms with Gasteiger partial charge in [0.2, 0.25) is 12.2 Å². The number of hydrogen-bond donors (Lipinski definition) is 4. The van der Waals surface area contributed by atoms with Gasteiger partial charge in [0.05, 0.1) is 31.0 Å². The minimum atomic E-state index is -2.09. The van der Waals surface area contributed by atoms with Crippen LogP contribution in [0.3, 0.4) is 0 Å². The molecule has 266 valence electrons. The third-order valence-corrected chi connectivity index (χ3v) is 9.52. The summed E-state index contributed by atoms with van der Waals surface area (Å²) in [5.41, 5.74) is -0.552. The lowest BCUT2D eigenvalue weighted by atomic mass is 9.50. The predicted octanol–water partition coefficient (Wildman–Crippen LogP) is -0.398. The van der Waals surface area contributed by atoms with Gasteiger partial charge in [0.25, 0.3) is 0 Å². The number of likely N-dealkylation sites (tertiary alicyclic amines) is 1. The van der Waals surface area contributed by atoms with E-state index < -0.39 is 90.2 Å². The van der Waals surface area contributed by atoms with E-state index in [-0.39, 0.29) is 18.2 Å². The third kappa shape index (κ3) is 6.17. The maximum Gasteiger partial charge on any atom is 0.348 e. The molecule has 0 aromatic heterocycles. The highest BCUT2D eigenvalue weighted by atomic mass is 16.6. The van der Waals surface area contributed by atoms with Gasteiger partial charge in [-0.1, -0.05) is 6.07 Å².